The van der Waals surface area contributed by atoms with Gasteiger partial charge < -0.3 is 9.88 Å². The lowest BCUT2D eigenvalue weighted by Gasteiger charge is -2.15. The highest BCUT2D eigenvalue weighted by Gasteiger charge is 2.03. The van der Waals surface area contributed by atoms with Crippen molar-refractivity contribution >= 4 is 5.69 Å². The van der Waals surface area contributed by atoms with E-state index in [1.54, 1.807) is 17.7 Å². The average molecular weight is 256 g/mol. The predicted molar refractivity (Wildman–Crippen MR) is 79.5 cm³/mol. The molecule has 0 saturated heterocycles. The molecule has 19 heavy (non-hydrogen) atoms. The molecule has 0 saturated carbocycles. The van der Waals surface area contributed by atoms with Crippen LogP contribution < -0.4 is 10.9 Å². The number of aryl methyl sites for hydroxylation is 2. The molecule has 1 unspecified atom stereocenters. The summed E-state index contributed by atoms with van der Waals surface area (Å²) < 4.78 is 1.59. The first kappa shape index (κ1) is 13.4. The Kier molecular flexibility index (Phi) is 4.39. The van der Waals surface area contributed by atoms with Crippen LogP contribution >= 0.6 is 0 Å². The van der Waals surface area contributed by atoms with E-state index in [2.05, 4.69) is 36.5 Å². The van der Waals surface area contributed by atoms with Gasteiger partial charge in [0.2, 0.25) is 5.56 Å². The van der Waals surface area contributed by atoms with Gasteiger partial charge in [-0.2, -0.15) is 0 Å². The molecule has 100 valence electrons. The largest absolute Gasteiger partial charge is 0.381 e. The van der Waals surface area contributed by atoms with Crippen molar-refractivity contribution in [1.82, 2.24) is 4.57 Å². The van der Waals surface area contributed by atoms with Crippen LogP contribution in [0.5, 0.6) is 0 Å². The van der Waals surface area contributed by atoms with Crippen molar-refractivity contribution in [2.75, 3.05) is 5.32 Å². The summed E-state index contributed by atoms with van der Waals surface area (Å²) in [6.07, 6.45) is 3.95. The molecule has 3 heteroatoms. The van der Waals surface area contributed by atoms with Gasteiger partial charge in [-0.3, -0.25) is 4.79 Å². The third-order valence-corrected chi connectivity index (χ3v) is 3.21. The molecular formula is C16H20N2O. The molecule has 1 atom stereocenters. The molecule has 0 spiro atoms. The molecule has 3 nitrogen and oxygen atoms in total. The minimum Gasteiger partial charge on any atom is -0.381 e. The number of aromatic nitrogens is 1. The zero-order valence-corrected chi connectivity index (χ0v) is 11.5. The fourth-order valence-electron chi connectivity index (χ4n) is 2.06. The van der Waals surface area contributed by atoms with Crippen LogP contribution in [0.3, 0.4) is 0 Å². The molecular weight excluding hydrogens is 236 g/mol. The normalized spacial score (nSPS) is 12.1. The highest BCUT2D eigenvalue weighted by molar-refractivity contribution is 5.41. The summed E-state index contributed by atoms with van der Waals surface area (Å²) in [4.78, 5) is 11.3. The van der Waals surface area contributed by atoms with E-state index in [0.29, 0.717) is 6.04 Å². The van der Waals surface area contributed by atoms with E-state index in [9.17, 15) is 4.79 Å². The smallest absolute Gasteiger partial charge is 0.250 e. The minimum absolute atomic E-state index is 0.0162. The van der Waals surface area contributed by atoms with Gasteiger partial charge in [-0.1, -0.05) is 30.3 Å². The van der Waals surface area contributed by atoms with Crippen LogP contribution in [0.15, 0.2) is 53.5 Å². The fraction of sp³-hybridized carbons (Fsp3) is 0.312. The first-order valence-corrected chi connectivity index (χ1v) is 6.62. The van der Waals surface area contributed by atoms with Gasteiger partial charge in [0.25, 0.3) is 0 Å². The lowest BCUT2D eigenvalue weighted by atomic mass is 10.1. The summed E-state index contributed by atoms with van der Waals surface area (Å²) in [5.41, 5.74) is 2.36. The van der Waals surface area contributed by atoms with Crippen molar-refractivity contribution in [3.8, 4) is 0 Å². The number of benzene rings is 1. The number of hydrogen-bond donors (Lipinski definition) is 1. The first-order chi connectivity index (χ1) is 9.15. The first-order valence-electron chi connectivity index (χ1n) is 6.62. The molecule has 0 aliphatic rings. The van der Waals surface area contributed by atoms with Crippen molar-refractivity contribution in [1.29, 1.82) is 0 Å². The molecule has 0 fully saturated rings. The summed E-state index contributed by atoms with van der Waals surface area (Å²) >= 11 is 0. The van der Waals surface area contributed by atoms with Gasteiger partial charge in [-0.05, 0) is 31.4 Å². The lowest BCUT2D eigenvalue weighted by Crippen LogP contribution is -2.19. The summed E-state index contributed by atoms with van der Waals surface area (Å²) in [5, 5.41) is 3.42. The van der Waals surface area contributed by atoms with Gasteiger partial charge in [0.05, 0.1) is 5.69 Å². The van der Waals surface area contributed by atoms with Crippen molar-refractivity contribution in [2.24, 2.45) is 7.05 Å². The maximum atomic E-state index is 11.3. The van der Waals surface area contributed by atoms with E-state index in [4.69, 9.17) is 0 Å². The Morgan fingerprint density at radius 3 is 2.58 bits per heavy atom. The van der Waals surface area contributed by atoms with E-state index in [-0.39, 0.29) is 5.56 Å². The molecule has 0 bridgehead atoms. The second-order valence-corrected chi connectivity index (χ2v) is 4.94. The maximum absolute atomic E-state index is 11.3. The molecule has 2 aromatic rings. The Morgan fingerprint density at radius 2 is 1.89 bits per heavy atom. The van der Waals surface area contributed by atoms with Gasteiger partial charge in [0.15, 0.2) is 0 Å². The fourth-order valence-corrected chi connectivity index (χ4v) is 2.06. The molecule has 0 radical (unpaired) electrons. The molecule has 1 aromatic heterocycles. The standard InChI is InChI=1S/C16H20N2O/c1-13(8-9-14-6-4-3-5-7-14)17-15-10-11-16(19)18(2)12-15/h3-7,10-13,17H,8-9H2,1-2H3. The zero-order valence-electron chi connectivity index (χ0n) is 11.5. The Labute approximate surface area is 113 Å². The molecule has 1 aromatic carbocycles. The maximum Gasteiger partial charge on any atom is 0.250 e. The molecule has 0 aliphatic carbocycles. The minimum atomic E-state index is 0.0162. The van der Waals surface area contributed by atoms with E-state index in [1.807, 2.05) is 18.3 Å². The van der Waals surface area contributed by atoms with Crippen LogP contribution in [0, 0.1) is 0 Å². The number of anilines is 1. The van der Waals surface area contributed by atoms with E-state index in [0.717, 1.165) is 18.5 Å². The van der Waals surface area contributed by atoms with Crippen LogP contribution in [-0.4, -0.2) is 10.6 Å². The number of nitrogens with zero attached hydrogens (tertiary/aromatic N) is 1. The highest BCUT2D eigenvalue weighted by Crippen LogP contribution is 2.10. The van der Waals surface area contributed by atoms with Crippen molar-refractivity contribution in [2.45, 2.75) is 25.8 Å². The molecule has 0 amide bonds. The summed E-state index contributed by atoms with van der Waals surface area (Å²) in [6, 6.07) is 14.3. The van der Waals surface area contributed by atoms with E-state index < -0.39 is 0 Å². The average Bonchev–Trinajstić information content (AvgIpc) is 2.42. The number of nitrogens with one attached hydrogen (secondary N) is 1. The van der Waals surface area contributed by atoms with E-state index >= 15 is 0 Å². The second kappa shape index (κ2) is 6.23. The summed E-state index contributed by atoms with van der Waals surface area (Å²) in [6.45, 7) is 2.16. The van der Waals surface area contributed by atoms with Crippen LogP contribution in [0.25, 0.3) is 0 Å². The molecule has 1 heterocycles. The van der Waals surface area contributed by atoms with Crippen molar-refractivity contribution in [3.05, 3.63) is 64.6 Å². The third kappa shape index (κ3) is 3.98. The monoisotopic (exact) mass is 256 g/mol. The van der Waals surface area contributed by atoms with E-state index in [1.165, 1.54) is 5.56 Å². The molecule has 1 N–H and O–H groups in total. The topological polar surface area (TPSA) is 34.0 Å². The number of hydrogen-bond acceptors (Lipinski definition) is 2. The Bertz CT molecular complexity index is 575. The Balaban J connectivity index is 1.89. The number of pyridine rings is 1. The van der Waals surface area contributed by atoms with Gasteiger partial charge in [-0.15, -0.1) is 0 Å². The SMILES string of the molecule is CC(CCc1ccccc1)Nc1ccc(=O)n(C)c1. The van der Waals surface area contributed by atoms with Crippen LogP contribution in [-0.2, 0) is 13.5 Å². The number of rotatable bonds is 5. The van der Waals surface area contributed by atoms with Crippen LogP contribution in [0.2, 0.25) is 0 Å². The van der Waals surface area contributed by atoms with Gasteiger partial charge in [-0.25, -0.2) is 0 Å². The van der Waals surface area contributed by atoms with Gasteiger partial charge in [0.1, 0.15) is 0 Å². The van der Waals surface area contributed by atoms with Crippen LogP contribution in [0.1, 0.15) is 18.9 Å². The second-order valence-electron chi connectivity index (χ2n) is 4.94. The predicted octanol–water partition coefficient (Wildman–Crippen LogP) is 2.82. The third-order valence-electron chi connectivity index (χ3n) is 3.21. The quantitative estimate of drug-likeness (QED) is 0.892. The van der Waals surface area contributed by atoms with Gasteiger partial charge in [0, 0.05) is 25.4 Å². The molecule has 2 rings (SSSR count). The Morgan fingerprint density at radius 1 is 1.16 bits per heavy atom. The Hall–Kier alpha value is -2.03. The zero-order chi connectivity index (χ0) is 13.7. The van der Waals surface area contributed by atoms with Gasteiger partial charge >= 0.3 is 0 Å². The summed E-state index contributed by atoms with van der Waals surface area (Å²) in [5.74, 6) is 0. The highest BCUT2D eigenvalue weighted by atomic mass is 16.1. The summed E-state index contributed by atoms with van der Waals surface area (Å²) in [7, 11) is 1.77. The van der Waals surface area contributed by atoms with Crippen molar-refractivity contribution in [3.63, 3.8) is 0 Å². The lowest BCUT2D eigenvalue weighted by molar-refractivity contribution is 0.703. The molecule has 0 aliphatic heterocycles. The van der Waals surface area contributed by atoms with Crippen molar-refractivity contribution < 1.29 is 0 Å². The van der Waals surface area contributed by atoms with Crippen LogP contribution in [0.4, 0.5) is 5.69 Å².